The summed E-state index contributed by atoms with van der Waals surface area (Å²) in [5.41, 5.74) is 3.71. The largest absolute Gasteiger partial charge is 0.372 e. The maximum Gasteiger partial charge on any atom is 0.274 e. The zero-order valence-electron chi connectivity index (χ0n) is 19.5. The number of hydrogen-bond donors (Lipinski definition) is 1. The number of para-hydroxylation sites is 1. The molecule has 2 amide bonds. The van der Waals surface area contributed by atoms with Crippen molar-refractivity contribution < 1.29 is 14.3 Å². The Hall–Kier alpha value is -3.52. The summed E-state index contributed by atoms with van der Waals surface area (Å²) in [6.45, 7) is 5.49. The molecule has 5 rings (SSSR count). The van der Waals surface area contributed by atoms with Crippen molar-refractivity contribution in [3.63, 3.8) is 0 Å². The van der Waals surface area contributed by atoms with E-state index in [0.29, 0.717) is 36.8 Å². The van der Waals surface area contributed by atoms with Crippen LogP contribution in [0.3, 0.4) is 0 Å². The minimum atomic E-state index is -0.236. The summed E-state index contributed by atoms with van der Waals surface area (Å²) in [5.74, 6) is 0.0802. The van der Waals surface area contributed by atoms with Crippen LogP contribution in [-0.2, 0) is 11.3 Å². The number of benzene rings is 2. The van der Waals surface area contributed by atoms with E-state index in [1.807, 2.05) is 73.3 Å². The fourth-order valence-electron chi connectivity index (χ4n) is 4.49. The third-order valence-corrected chi connectivity index (χ3v) is 6.25. The van der Waals surface area contributed by atoms with Gasteiger partial charge in [-0.1, -0.05) is 35.5 Å². The number of carbonyl (C=O) groups excluding carboxylic acids is 2. The molecule has 2 fully saturated rings. The molecule has 34 heavy (non-hydrogen) atoms. The SMILES string of the molecule is CC1CN(C(=O)c2ccc(CNC(=O)c3nnn(-c4ccccc4)c3C3CC3)cc2)CC(C)O1. The molecule has 176 valence electrons. The lowest BCUT2D eigenvalue weighted by atomic mass is 10.1. The van der Waals surface area contributed by atoms with E-state index in [1.54, 1.807) is 4.68 Å². The smallest absolute Gasteiger partial charge is 0.274 e. The molecule has 1 saturated carbocycles. The highest BCUT2D eigenvalue weighted by molar-refractivity contribution is 5.95. The number of hydrogen-bond acceptors (Lipinski definition) is 5. The lowest BCUT2D eigenvalue weighted by Gasteiger charge is -2.35. The molecule has 8 heteroatoms. The van der Waals surface area contributed by atoms with Gasteiger partial charge in [-0.25, -0.2) is 4.68 Å². The molecule has 2 heterocycles. The first-order valence-corrected chi connectivity index (χ1v) is 11.8. The van der Waals surface area contributed by atoms with Crippen molar-refractivity contribution in [2.45, 2.75) is 51.4 Å². The van der Waals surface area contributed by atoms with Gasteiger partial charge in [0, 0.05) is 31.1 Å². The van der Waals surface area contributed by atoms with Crippen LogP contribution in [0.5, 0.6) is 0 Å². The number of rotatable bonds is 6. The number of nitrogens with zero attached hydrogens (tertiary/aromatic N) is 4. The van der Waals surface area contributed by atoms with Crippen LogP contribution in [0.15, 0.2) is 54.6 Å². The van der Waals surface area contributed by atoms with Crippen molar-refractivity contribution in [1.29, 1.82) is 0 Å². The fraction of sp³-hybridized carbons (Fsp3) is 0.385. The minimum absolute atomic E-state index is 0.00388. The molecule has 2 aromatic carbocycles. The minimum Gasteiger partial charge on any atom is -0.372 e. The van der Waals surface area contributed by atoms with Crippen molar-refractivity contribution >= 4 is 11.8 Å². The molecular formula is C26H29N5O3. The zero-order valence-corrected chi connectivity index (χ0v) is 19.5. The van der Waals surface area contributed by atoms with Crippen LogP contribution in [0, 0.1) is 0 Å². The second-order valence-corrected chi connectivity index (χ2v) is 9.19. The zero-order chi connectivity index (χ0) is 23.7. The van der Waals surface area contributed by atoms with E-state index in [1.165, 1.54) is 0 Å². The second kappa shape index (κ2) is 9.38. The maximum absolute atomic E-state index is 13.0. The van der Waals surface area contributed by atoms with Crippen LogP contribution >= 0.6 is 0 Å². The van der Waals surface area contributed by atoms with E-state index in [2.05, 4.69) is 15.6 Å². The van der Waals surface area contributed by atoms with Gasteiger partial charge >= 0.3 is 0 Å². The molecule has 0 spiro atoms. The average molecular weight is 460 g/mol. The third kappa shape index (κ3) is 4.72. The number of carbonyl (C=O) groups is 2. The quantitative estimate of drug-likeness (QED) is 0.611. The molecule has 1 aliphatic heterocycles. The molecule has 1 aliphatic carbocycles. The van der Waals surface area contributed by atoms with E-state index in [4.69, 9.17) is 4.74 Å². The second-order valence-electron chi connectivity index (χ2n) is 9.19. The molecule has 1 saturated heterocycles. The van der Waals surface area contributed by atoms with E-state index < -0.39 is 0 Å². The van der Waals surface area contributed by atoms with Gasteiger partial charge in [0.15, 0.2) is 5.69 Å². The Morgan fingerprint density at radius 1 is 1.00 bits per heavy atom. The first kappa shape index (κ1) is 22.3. The molecular weight excluding hydrogens is 430 g/mol. The monoisotopic (exact) mass is 459 g/mol. The molecule has 1 aromatic heterocycles. The molecule has 0 radical (unpaired) electrons. The van der Waals surface area contributed by atoms with Crippen LogP contribution in [-0.4, -0.2) is 57.0 Å². The Balaban J connectivity index is 1.24. The summed E-state index contributed by atoms with van der Waals surface area (Å²) in [5, 5.41) is 11.4. The molecule has 8 nitrogen and oxygen atoms in total. The van der Waals surface area contributed by atoms with Crippen molar-refractivity contribution in [2.75, 3.05) is 13.1 Å². The highest BCUT2D eigenvalue weighted by Gasteiger charge is 2.34. The lowest BCUT2D eigenvalue weighted by molar-refractivity contribution is -0.0586. The lowest BCUT2D eigenvalue weighted by Crippen LogP contribution is -2.48. The number of amides is 2. The van der Waals surface area contributed by atoms with Crippen LogP contribution < -0.4 is 5.32 Å². The van der Waals surface area contributed by atoms with Gasteiger partial charge in [-0.15, -0.1) is 5.10 Å². The first-order chi connectivity index (χ1) is 16.5. The average Bonchev–Trinajstić information content (AvgIpc) is 3.59. The van der Waals surface area contributed by atoms with E-state index in [0.717, 1.165) is 29.8 Å². The number of aromatic nitrogens is 3. The van der Waals surface area contributed by atoms with Crippen molar-refractivity contribution in [2.24, 2.45) is 0 Å². The molecule has 2 atom stereocenters. The van der Waals surface area contributed by atoms with E-state index >= 15 is 0 Å². The van der Waals surface area contributed by atoms with Gasteiger partial charge in [0.05, 0.1) is 23.6 Å². The first-order valence-electron chi connectivity index (χ1n) is 11.8. The van der Waals surface area contributed by atoms with E-state index in [9.17, 15) is 9.59 Å². The summed E-state index contributed by atoms with van der Waals surface area (Å²) in [7, 11) is 0. The van der Waals surface area contributed by atoms with Crippen LogP contribution in [0.25, 0.3) is 5.69 Å². The van der Waals surface area contributed by atoms with Gasteiger partial charge in [0.1, 0.15) is 0 Å². The third-order valence-electron chi connectivity index (χ3n) is 6.25. The summed E-state index contributed by atoms with van der Waals surface area (Å²) in [4.78, 5) is 27.7. The van der Waals surface area contributed by atoms with Gasteiger partial charge in [-0.3, -0.25) is 9.59 Å². The van der Waals surface area contributed by atoms with Gasteiger partial charge < -0.3 is 15.0 Å². The van der Waals surface area contributed by atoms with Crippen LogP contribution in [0.1, 0.15) is 64.7 Å². The Kier molecular flexibility index (Phi) is 6.15. The highest BCUT2D eigenvalue weighted by Crippen LogP contribution is 2.41. The number of ether oxygens (including phenoxy) is 1. The summed E-state index contributed by atoms with van der Waals surface area (Å²) in [6.07, 6.45) is 2.14. The van der Waals surface area contributed by atoms with Crippen molar-refractivity contribution in [3.8, 4) is 5.69 Å². The highest BCUT2D eigenvalue weighted by atomic mass is 16.5. The summed E-state index contributed by atoms with van der Waals surface area (Å²) >= 11 is 0. The Morgan fingerprint density at radius 3 is 2.32 bits per heavy atom. The predicted molar refractivity (Wildman–Crippen MR) is 127 cm³/mol. The molecule has 1 N–H and O–H groups in total. The van der Waals surface area contributed by atoms with Gasteiger partial charge in [0.2, 0.25) is 0 Å². The Bertz CT molecular complexity index is 1160. The molecule has 0 bridgehead atoms. The van der Waals surface area contributed by atoms with Gasteiger partial charge in [0.25, 0.3) is 11.8 Å². The maximum atomic E-state index is 13.0. The van der Waals surface area contributed by atoms with Crippen molar-refractivity contribution in [3.05, 3.63) is 77.1 Å². The number of nitrogens with one attached hydrogen (secondary N) is 1. The van der Waals surface area contributed by atoms with Crippen LogP contribution in [0.4, 0.5) is 0 Å². The van der Waals surface area contributed by atoms with Gasteiger partial charge in [-0.05, 0) is 56.5 Å². The normalized spacial score (nSPS) is 20.2. The molecule has 2 aliphatic rings. The van der Waals surface area contributed by atoms with Crippen molar-refractivity contribution in [1.82, 2.24) is 25.2 Å². The standard InChI is InChI=1S/C26H29N5O3/c1-17-15-30(16-18(2)34-17)26(33)21-10-8-19(9-11-21)14-27-25(32)23-24(20-12-13-20)31(29-28-23)22-6-4-3-5-7-22/h3-11,17-18,20H,12-16H2,1-2H3,(H,27,32). The molecule has 3 aromatic rings. The van der Waals surface area contributed by atoms with Crippen LogP contribution in [0.2, 0.25) is 0 Å². The molecule has 2 unspecified atom stereocenters. The summed E-state index contributed by atoms with van der Waals surface area (Å²) < 4.78 is 7.50. The summed E-state index contributed by atoms with van der Waals surface area (Å²) in [6, 6.07) is 17.2. The Labute approximate surface area is 198 Å². The topological polar surface area (TPSA) is 89.4 Å². The fourth-order valence-corrected chi connectivity index (χ4v) is 4.49. The van der Waals surface area contributed by atoms with E-state index in [-0.39, 0.29) is 24.0 Å². The predicted octanol–water partition coefficient (Wildman–Crippen LogP) is 3.32. The number of morpholine rings is 1. The Morgan fingerprint density at radius 2 is 1.68 bits per heavy atom. The van der Waals surface area contributed by atoms with Gasteiger partial charge in [-0.2, -0.15) is 0 Å².